The van der Waals surface area contributed by atoms with Crippen molar-refractivity contribution in [2.45, 2.75) is 45.6 Å². The van der Waals surface area contributed by atoms with Crippen LogP contribution in [0.2, 0.25) is 0 Å². The average molecular weight is 224 g/mol. The van der Waals surface area contributed by atoms with Crippen molar-refractivity contribution in [3.63, 3.8) is 0 Å². The van der Waals surface area contributed by atoms with E-state index in [1.165, 1.54) is 6.20 Å². The minimum atomic E-state index is -0.202. The Morgan fingerprint density at radius 2 is 2.19 bits per heavy atom. The minimum Gasteiger partial charge on any atom is -0.310 e. The number of nitrogens with zero attached hydrogens (tertiary/aromatic N) is 1. The van der Waals surface area contributed by atoms with Gasteiger partial charge in [-0.3, -0.25) is 4.98 Å². The van der Waals surface area contributed by atoms with Crippen LogP contribution < -0.4 is 5.32 Å². The molecule has 0 aliphatic heterocycles. The molecule has 0 aliphatic carbocycles. The Balaban J connectivity index is 2.70. The maximum atomic E-state index is 13.6. The first-order valence-corrected chi connectivity index (χ1v) is 6.12. The van der Waals surface area contributed by atoms with Crippen molar-refractivity contribution in [2.75, 3.05) is 6.54 Å². The van der Waals surface area contributed by atoms with Crippen LogP contribution in [-0.2, 0) is 0 Å². The molecule has 1 unspecified atom stereocenters. The van der Waals surface area contributed by atoms with Crippen LogP contribution in [0.15, 0.2) is 18.5 Å². The monoisotopic (exact) mass is 224 g/mol. The van der Waals surface area contributed by atoms with Crippen molar-refractivity contribution >= 4 is 0 Å². The zero-order chi connectivity index (χ0) is 11.8. The second-order valence-corrected chi connectivity index (χ2v) is 4.05. The first-order valence-electron chi connectivity index (χ1n) is 6.12. The minimum absolute atomic E-state index is 0.128. The predicted molar refractivity (Wildman–Crippen MR) is 64.8 cm³/mol. The Hall–Kier alpha value is -0.960. The first kappa shape index (κ1) is 13.1. The summed E-state index contributed by atoms with van der Waals surface area (Å²) in [5.41, 5.74) is 0.747. The molecule has 0 bridgehead atoms. The molecule has 0 saturated carbocycles. The fourth-order valence-corrected chi connectivity index (χ4v) is 1.76. The van der Waals surface area contributed by atoms with Gasteiger partial charge in [0.05, 0.1) is 6.20 Å². The number of hydrogen-bond donors (Lipinski definition) is 1. The maximum absolute atomic E-state index is 13.6. The summed E-state index contributed by atoms with van der Waals surface area (Å²) in [6.45, 7) is 5.20. The molecule has 0 spiro atoms. The Morgan fingerprint density at radius 1 is 1.38 bits per heavy atom. The molecule has 0 fully saturated rings. The van der Waals surface area contributed by atoms with Crippen molar-refractivity contribution in [3.8, 4) is 0 Å². The van der Waals surface area contributed by atoms with Gasteiger partial charge in [0.25, 0.3) is 0 Å². The second kappa shape index (κ2) is 7.34. The maximum Gasteiger partial charge on any atom is 0.146 e. The molecule has 90 valence electrons. The van der Waals surface area contributed by atoms with Gasteiger partial charge in [0.15, 0.2) is 0 Å². The number of halogens is 1. The normalized spacial score (nSPS) is 12.7. The van der Waals surface area contributed by atoms with Crippen LogP contribution >= 0.6 is 0 Å². The van der Waals surface area contributed by atoms with E-state index in [1.54, 1.807) is 12.3 Å². The molecule has 16 heavy (non-hydrogen) atoms. The lowest BCUT2D eigenvalue weighted by molar-refractivity contribution is 0.458. The van der Waals surface area contributed by atoms with Crippen molar-refractivity contribution < 1.29 is 4.39 Å². The van der Waals surface area contributed by atoms with Crippen molar-refractivity contribution in [2.24, 2.45) is 0 Å². The van der Waals surface area contributed by atoms with Gasteiger partial charge >= 0.3 is 0 Å². The molecule has 0 radical (unpaired) electrons. The van der Waals surface area contributed by atoms with E-state index >= 15 is 0 Å². The second-order valence-electron chi connectivity index (χ2n) is 4.05. The van der Waals surface area contributed by atoms with Crippen LogP contribution in [0.1, 0.15) is 51.1 Å². The van der Waals surface area contributed by atoms with Crippen LogP contribution in [0.3, 0.4) is 0 Å². The SMILES string of the molecule is CCCCC(NCCC)c1ccncc1F. The van der Waals surface area contributed by atoms with E-state index in [0.29, 0.717) is 0 Å². The highest BCUT2D eigenvalue weighted by atomic mass is 19.1. The summed E-state index contributed by atoms with van der Waals surface area (Å²) in [4.78, 5) is 3.79. The van der Waals surface area contributed by atoms with E-state index in [4.69, 9.17) is 0 Å². The molecule has 0 aromatic carbocycles. The zero-order valence-electron chi connectivity index (χ0n) is 10.2. The molecule has 3 heteroatoms. The number of aromatic nitrogens is 1. The van der Waals surface area contributed by atoms with Crippen molar-refractivity contribution in [3.05, 3.63) is 29.8 Å². The fraction of sp³-hybridized carbons (Fsp3) is 0.615. The Labute approximate surface area is 97.3 Å². The highest BCUT2D eigenvalue weighted by Crippen LogP contribution is 2.21. The van der Waals surface area contributed by atoms with E-state index in [2.05, 4.69) is 24.1 Å². The number of pyridine rings is 1. The highest BCUT2D eigenvalue weighted by molar-refractivity contribution is 5.17. The van der Waals surface area contributed by atoms with Crippen molar-refractivity contribution in [1.82, 2.24) is 10.3 Å². The molecular weight excluding hydrogens is 203 g/mol. The van der Waals surface area contributed by atoms with Crippen molar-refractivity contribution in [1.29, 1.82) is 0 Å². The molecule has 2 nitrogen and oxygen atoms in total. The molecular formula is C13H21FN2. The summed E-state index contributed by atoms with van der Waals surface area (Å²) >= 11 is 0. The molecule has 0 saturated heterocycles. The van der Waals surface area contributed by atoms with Gasteiger partial charge < -0.3 is 5.32 Å². The van der Waals surface area contributed by atoms with E-state index in [9.17, 15) is 4.39 Å². The molecule has 1 rings (SSSR count). The summed E-state index contributed by atoms with van der Waals surface area (Å²) in [7, 11) is 0. The van der Waals surface area contributed by atoms with Gasteiger partial charge in [-0.1, -0.05) is 26.7 Å². The van der Waals surface area contributed by atoms with Gasteiger partial charge in [-0.15, -0.1) is 0 Å². The molecule has 0 aliphatic rings. The zero-order valence-corrected chi connectivity index (χ0v) is 10.2. The van der Waals surface area contributed by atoms with Crippen LogP contribution in [0.5, 0.6) is 0 Å². The molecule has 1 heterocycles. The predicted octanol–water partition coefficient (Wildman–Crippen LogP) is 3.45. The van der Waals surface area contributed by atoms with E-state index in [0.717, 1.165) is 37.8 Å². The molecule has 0 amide bonds. The standard InChI is InChI=1S/C13H21FN2/c1-3-5-6-13(16-8-4-2)11-7-9-15-10-12(11)14/h7,9-10,13,16H,3-6,8H2,1-2H3. The van der Waals surface area contributed by atoms with Crippen LogP contribution in [0, 0.1) is 5.82 Å². The molecule has 1 N–H and O–H groups in total. The Bertz CT molecular complexity index is 294. The van der Waals surface area contributed by atoms with Gasteiger partial charge in [-0.2, -0.15) is 0 Å². The van der Waals surface area contributed by atoms with E-state index in [-0.39, 0.29) is 11.9 Å². The van der Waals surface area contributed by atoms with Gasteiger partial charge in [-0.05, 0) is 25.5 Å². The number of unbranched alkanes of at least 4 members (excludes halogenated alkanes) is 1. The quantitative estimate of drug-likeness (QED) is 0.767. The van der Waals surface area contributed by atoms with E-state index in [1.807, 2.05) is 0 Å². The lowest BCUT2D eigenvalue weighted by atomic mass is 10.0. The van der Waals surface area contributed by atoms with Gasteiger partial charge in [0.1, 0.15) is 5.82 Å². The van der Waals surface area contributed by atoms with E-state index < -0.39 is 0 Å². The lowest BCUT2D eigenvalue weighted by Gasteiger charge is -2.19. The van der Waals surface area contributed by atoms with Gasteiger partial charge in [0, 0.05) is 17.8 Å². The summed E-state index contributed by atoms with van der Waals surface area (Å²) in [6, 6.07) is 1.90. The van der Waals surface area contributed by atoms with Crippen LogP contribution in [0.4, 0.5) is 4.39 Å². The third kappa shape index (κ3) is 3.89. The summed E-state index contributed by atoms with van der Waals surface area (Å²) < 4.78 is 13.6. The summed E-state index contributed by atoms with van der Waals surface area (Å²) in [6.07, 6.45) is 7.25. The number of hydrogen-bond acceptors (Lipinski definition) is 2. The largest absolute Gasteiger partial charge is 0.310 e. The van der Waals surface area contributed by atoms with Gasteiger partial charge in [-0.25, -0.2) is 4.39 Å². The first-order chi connectivity index (χ1) is 7.79. The Kier molecular flexibility index (Phi) is 6.01. The summed E-state index contributed by atoms with van der Waals surface area (Å²) in [5.74, 6) is -0.202. The molecule has 1 aromatic heterocycles. The van der Waals surface area contributed by atoms with Crippen LogP contribution in [-0.4, -0.2) is 11.5 Å². The third-order valence-electron chi connectivity index (χ3n) is 2.67. The fourth-order valence-electron chi connectivity index (χ4n) is 1.76. The van der Waals surface area contributed by atoms with Crippen LogP contribution in [0.25, 0.3) is 0 Å². The van der Waals surface area contributed by atoms with Gasteiger partial charge in [0.2, 0.25) is 0 Å². The summed E-state index contributed by atoms with van der Waals surface area (Å²) in [5, 5.41) is 3.39. The topological polar surface area (TPSA) is 24.9 Å². The smallest absolute Gasteiger partial charge is 0.146 e. The average Bonchev–Trinajstić information content (AvgIpc) is 2.31. The Morgan fingerprint density at radius 3 is 2.81 bits per heavy atom. The number of rotatable bonds is 7. The third-order valence-corrected chi connectivity index (χ3v) is 2.67. The molecule has 1 aromatic rings. The number of nitrogens with one attached hydrogen (secondary N) is 1. The molecule has 1 atom stereocenters. The lowest BCUT2D eigenvalue weighted by Crippen LogP contribution is -2.23. The highest BCUT2D eigenvalue weighted by Gasteiger charge is 2.13.